The molecule has 9 nitrogen and oxygen atoms in total. The van der Waals surface area contributed by atoms with E-state index >= 15 is 0 Å². The zero-order valence-corrected chi connectivity index (χ0v) is 16.0. The van der Waals surface area contributed by atoms with Crippen molar-refractivity contribution >= 4 is 39.2 Å². The van der Waals surface area contributed by atoms with E-state index in [0.717, 1.165) is 0 Å². The summed E-state index contributed by atoms with van der Waals surface area (Å²) in [4.78, 5) is 32.1. The Morgan fingerprint density at radius 3 is 1.93 bits per heavy atom. The maximum absolute atomic E-state index is 12.5. The first-order valence-corrected chi connectivity index (χ1v) is 9.80. The van der Waals surface area contributed by atoms with E-state index in [1.807, 2.05) is 0 Å². The van der Waals surface area contributed by atoms with E-state index in [4.69, 9.17) is 5.11 Å². The van der Waals surface area contributed by atoms with E-state index in [2.05, 4.69) is 14.7 Å². The second-order valence-corrected chi connectivity index (χ2v) is 7.56. The number of nitrogens with one attached hydrogen (secondary N) is 1. The van der Waals surface area contributed by atoms with Crippen molar-refractivity contribution < 1.29 is 23.1 Å². The van der Waals surface area contributed by atoms with E-state index in [-0.39, 0.29) is 22.3 Å². The van der Waals surface area contributed by atoms with Gasteiger partial charge in [-0.15, -0.1) is 0 Å². The Kier molecular flexibility index (Phi) is 5.55. The monoisotopic (exact) mass is 412 g/mol. The fourth-order valence-electron chi connectivity index (χ4n) is 2.57. The molecule has 0 aliphatic heterocycles. The molecule has 3 aromatic rings. The molecule has 29 heavy (non-hydrogen) atoms. The Labute approximate surface area is 166 Å². The number of anilines is 3. The molecule has 10 heteroatoms. The number of rotatable bonds is 6. The largest absolute Gasteiger partial charge is 0.478 e. The fraction of sp³-hybridized carbons (Fsp3) is 0.0526. The van der Waals surface area contributed by atoms with Crippen LogP contribution in [0.25, 0.3) is 0 Å². The highest BCUT2D eigenvalue weighted by molar-refractivity contribution is 7.92. The van der Waals surface area contributed by atoms with E-state index in [1.165, 1.54) is 72.7 Å². The Hall–Kier alpha value is -3.79. The summed E-state index contributed by atoms with van der Waals surface area (Å²) in [6.07, 6.45) is 2.82. The topological polar surface area (TPSA) is 130 Å². The molecule has 2 N–H and O–H groups in total. The number of hydrogen-bond acceptors (Lipinski definition) is 6. The van der Waals surface area contributed by atoms with Gasteiger partial charge < -0.3 is 5.11 Å². The number of carbonyl (C=O) groups excluding carboxylic acids is 1. The predicted octanol–water partition coefficient (Wildman–Crippen LogP) is 2.66. The third-order valence-electron chi connectivity index (χ3n) is 3.88. The number of benzene rings is 2. The predicted molar refractivity (Wildman–Crippen MR) is 106 cm³/mol. The average Bonchev–Trinajstić information content (AvgIpc) is 2.69. The lowest BCUT2D eigenvalue weighted by molar-refractivity contribution is -0.115. The van der Waals surface area contributed by atoms with Gasteiger partial charge in [-0.25, -0.2) is 27.9 Å². The van der Waals surface area contributed by atoms with Crippen molar-refractivity contribution in [2.75, 3.05) is 9.62 Å². The lowest BCUT2D eigenvalue weighted by Crippen LogP contribution is -2.23. The van der Waals surface area contributed by atoms with Gasteiger partial charge in [-0.3, -0.25) is 9.69 Å². The minimum absolute atomic E-state index is 0.0292. The number of carboxylic acid groups (broad SMARTS) is 1. The number of sulfonamides is 1. The standard InChI is InChI=1S/C19H16N4O5S/c1-13(24)23(15-5-3-14(4-6-15)18(25)26)16-7-9-17(10-8-16)29(27,28)22-19-20-11-2-12-21-19/h2-12H,1H3,(H,25,26)(H,20,21,22). The van der Waals surface area contributed by atoms with Gasteiger partial charge in [0.15, 0.2) is 0 Å². The summed E-state index contributed by atoms with van der Waals surface area (Å²) in [5.41, 5.74) is 0.970. The van der Waals surface area contributed by atoms with Gasteiger partial charge in [0.2, 0.25) is 11.9 Å². The number of amides is 1. The molecule has 2 aromatic carbocycles. The van der Waals surface area contributed by atoms with Gasteiger partial charge >= 0.3 is 5.97 Å². The molecule has 0 aliphatic rings. The van der Waals surface area contributed by atoms with Crippen LogP contribution >= 0.6 is 0 Å². The summed E-state index contributed by atoms with van der Waals surface area (Å²) in [6, 6.07) is 13.0. The number of hydrogen-bond donors (Lipinski definition) is 2. The van der Waals surface area contributed by atoms with Gasteiger partial charge in [-0.1, -0.05) is 0 Å². The fourth-order valence-corrected chi connectivity index (χ4v) is 3.53. The first-order chi connectivity index (χ1) is 13.8. The van der Waals surface area contributed by atoms with E-state index < -0.39 is 16.0 Å². The van der Waals surface area contributed by atoms with Crippen molar-refractivity contribution in [2.24, 2.45) is 0 Å². The van der Waals surface area contributed by atoms with Crippen LogP contribution in [0.2, 0.25) is 0 Å². The normalized spacial score (nSPS) is 10.9. The Bertz CT molecular complexity index is 1130. The van der Waals surface area contributed by atoms with Crippen LogP contribution in [0.3, 0.4) is 0 Å². The second kappa shape index (κ2) is 8.07. The number of aromatic nitrogens is 2. The molecule has 1 aromatic heterocycles. The van der Waals surface area contributed by atoms with Gasteiger partial charge in [0.25, 0.3) is 10.0 Å². The van der Waals surface area contributed by atoms with Crippen LogP contribution in [0.4, 0.5) is 17.3 Å². The molecule has 0 atom stereocenters. The van der Waals surface area contributed by atoms with Crippen LogP contribution in [0.15, 0.2) is 71.9 Å². The van der Waals surface area contributed by atoms with Crippen LogP contribution in [0.1, 0.15) is 17.3 Å². The van der Waals surface area contributed by atoms with Crippen LogP contribution in [-0.2, 0) is 14.8 Å². The van der Waals surface area contributed by atoms with Crippen LogP contribution in [-0.4, -0.2) is 35.4 Å². The zero-order valence-electron chi connectivity index (χ0n) is 15.2. The minimum Gasteiger partial charge on any atom is -0.478 e. The molecule has 0 saturated carbocycles. The number of carbonyl (C=O) groups is 2. The minimum atomic E-state index is -3.90. The molecule has 0 saturated heterocycles. The van der Waals surface area contributed by atoms with Crippen LogP contribution in [0.5, 0.6) is 0 Å². The molecule has 0 fully saturated rings. The maximum Gasteiger partial charge on any atom is 0.335 e. The van der Waals surface area contributed by atoms with Gasteiger partial charge in [0, 0.05) is 30.7 Å². The van der Waals surface area contributed by atoms with Crippen molar-refractivity contribution in [3.63, 3.8) is 0 Å². The third-order valence-corrected chi connectivity index (χ3v) is 5.23. The number of aromatic carboxylic acids is 1. The molecule has 148 valence electrons. The number of nitrogens with zero attached hydrogens (tertiary/aromatic N) is 3. The third kappa shape index (κ3) is 4.55. The summed E-state index contributed by atoms with van der Waals surface area (Å²) < 4.78 is 27.2. The molecule has 0 unspecified atom stereocenters. The van der Waals surface area contributed by atoms with Crippen LogP contribution in [0, 0.1) is 0 Å². The lowest BCUT2D eigenvalue weighted by atomic mass is 10.1. The van der Waals surface area contributed by atoms with Crippen LogP contribution < -0.4 is 9.62 Å². The quantitative estimate of drug-likeness (QED) is 0.636. The summed E-state index contributed by atoms with van der Waals surface area (Å²) in [6.45, 7) is 1.35. The second-order valence-electron chi connectivity index (χ2n) is 5.88. The van der Waals surface area contributed by atoms with Crippen molar-refractivity contribution in [2.45, 2.75) is 11.8 Å². The van der Waals surface area contributed by atoms with E-state index in [9.17, 15) is 18.0 Å². The smallest absolute Gasteiger partial charge is 0.335 e. The lowest BCUT2D eigenvalue weighted by Gasteiger charge is -2.21. The molecule has 1 heterocycles. The zero-order chi connectivity index (χ0) is 21.0. The van der Waals surface area contributed by atoms with Crippen molar-refractivity contribution in [3.05, 3.63) is 72.6 Å². The van der Waals surface area contributed by atoms with Gasteiger partial charge in [-0.2, -0.15) is 0 Å². The van der Waals surface area contributed by atoms with Gasteiger partial charge in [0.05, 0.1) is 10.5 Å². The summed E-state index contributed by atoms with van der Waals surface area (Å²) >= 11 is 0. The summed E-state index contributed by atoms with van der Waals surface area (Å²) in [5.74, 6) is -1.45. The van der Waals surface area contributed by atoms with Crippen molar-refractivity contribution in [1.29, 1.82) is 0 Å². The molecule has 0 bridgehead atoms. The summed E-state index contributed by atoms with van der Waals surface area (Å²) in [7, 11) is -3.90. The molecule has 0 spiro atoms. The Morgan fingerprint density at radius 1 is 0.931 bits per heavy atom. The van der Waals surface area contributed by atoms with Gasteiger partial charge in [-0.05, 0) is 54.6 Å². The molecule has 1 amide bonds. The Morgan fingerprint density at radius 2 is 1.45 bits per heavy atom. The highest BCUT2D eigenvalue weighted by Crippen LogP contribution is 2.27. The average molecular weight is 412 g/mol. The Balaban J connectivity index is 1.88. The molecular weight excluding hydrogens is 396 g/mol. The maximum atomic E-state index is 12.5. The molecule has 0 radical (unpaired) electrons. The molecule has 3 rings (SSSR count). The van der Waals surface area contributed by atoms with Gasteiger partial charge in [0.1, 0.15) is 0 Å². The van der Waals surface area contributed by atoms with E-state index in [1.54, 1.807) is 6.07 Å². The first kappa shape index (κ1) is 20.0. The van der Waals surface area contributed by atoms with Crippen molar-refractivity contribution in [3.8, 4) is 0 Å². The summed E-state index contributed by atoms with van der Waals surface area (Å²) in [5, 5.41) is 9.00. The first-order valence-electron chi connectivity index (χ1n) is 8.32. The number of carboxylic acids is 1. The van der Waals surface area contributed by atoms with E-state index in [0.29, 0.717) is 11.4 Å². The highest BCUT2D eigenvalue weighted by atomic mass is 32.2. The molecular formula is C19H16N4O5S. The van der Waals surface area contributed by atoms with Crippen molar-refractivity contribution in [1.82, 2.24) is 9.97 Å². The SMILES string of the molecule is CC(=O)N(c1ccc(C(=O)O)cc1)c1ccc(S(=O)(=O)Nc2ncccn2)cc1. The molecule has 0 aliphatic carbocycles. The highest BCUT2D eigenvalue weighted by Gasteiger charge is 2.19.